The summed E-state index contributed by atoms with van der Waals surface area (Å²) >= 11 is 0. The quantitative estimate of drug-likeness (QED) is 0.777. The van der Waals surface area contributed by atoms with Gasteiger partial charge in [0.05, 0.1) is 5.69 Å². The molecule has 4 nitrogen and oxygen atoms in total. The molecule has 0 bridgehead atoms. The van der Waals surface area contributed by atoms with Gasteiger partial charge in [-0.1, -0.05) is 12.1 Å². The fourth-order valence-electron chi connectivity index (χ4n) is 5.29. The summed E-state index contributed by atoms with van der Waals surface area (Å²) in [6.07, 6.45) is 4.65. The normalized spacial score (nSPS) is 26.1. The zero-order chi connectivity index (χ0) is 17.1. The van der Waals surface area contributed by atoms with Crippen molar-refractivity contribution in [1.82, 2.24) is 19.7 Å². The topological polar surface area (TPSA) is 36.9 Å². The first-order valence-electron chi connectivity index (χ1n) is 9.40. The summed E-state index contributed by atoms with van der Waals surface area (Å²) in [5, 5.41) is 6.18. The molecule has 0 saturated carbocycles. The van der Waals surface area contributed by atoms with Crippen molar-refractivity contribution in [2.24, 2.45) is 5.92 Å². The molecule has 0 spiro atoms. The molecule has 0 radical (unpaired) electrons. The molecule has 0 unspecified atom stereocenters. The fraction of sp³-hybridized carbons (Fsp3) is 0.476. The van der Waals surface area contributed by atoms with Gasteiger partial charge in [-0.3, -0.25) is 4.68 Å². The number of hydrogen-bond acceptors (Lipinski definition) is 2. The standard InChI is InChI=1S/C21H26N4/c1-13-7-14(2)25(23-13)12-15-8-18-17-5-4-6-19-21(17)16(10-22-19)9-20(18)24(3)11-15/h4-7,10,15,18,20,22H,8-9,11-12H2,1-3H3/t15-,18-,20-/m1/s1. The van der Waals surface area contributed by atoms with Gasteiger partial charge in [0.15, 0.2) is 0 Å². The van der Waals surface area contributed by atoms with Gasteiger partial charge in [0.1, 0.15) is 0 Å². The van der Waals surface area contributed by atoms with Gasteiger partial charge >= 0.3 is 0 Å². The lowest BCUT2D eigenvalue weighted by Gasteiger charge is -2.45. The lowest BCUT2D eigenvalue weighted by atomic mass is 9.72. The number of hydrogen-bond donors (Lipinski definition) is 1. The number of benzene rings is 1. The van der Waals surface area contributed by atoms with E-state index < -0.39 is 0 Å². The zero-order valence-corrected chi connectivity index (χ0v) is 15.3. The van der Waals surface area contributed by atoms with Crippen LogP contribution >= 0.6 is 0 Å². The Morgan fingerprint density at radius 3 is 2.96 bits per heavy atom. The molecule has 3 atom stereocenters. The number of aromatic nitrogens is 3. The highest BCUT2D eigenvalue weighted by molar-refractivity contribution is 5.88. The second-order valence-corrected chi connectivity index (χ2v) is 8.11. The minimum atomic E-state index is 0.630. The molecule has 25 heavy (non-hydrogen) atoms. The third kappa shape index (κ3) is 2.35. The maximum Gasteiger partial charge on any atom is 0.0596 e. The molecule has 1 fully saturated rings. The molecule has 2 aromatic heterocycles. The van der Waals surface area contributed by atoms with Gasteiger partial charge < -0.3 is 9.88 Å². The minimum Gasteiger partial charge on any atom is -0.361 e. The summed E-state index contributed by atoms with van der Waals surface area (Å²) in [5.74, 6) is 1.28. The number of aryl methyl sites for hydroxylation is 2. The number of fused-ring (bicyclic) bond motifs is 2. The number of aromatic amines is 1. The van der Waals surface area contributed by atoms with E-state index in [-0.39, 0.29) is 0 Å². The number of nitrogens with one attached hydrogen (secondary N) is 1. The second-order valence-electron chi connectivity index (χ2n) is 8.11. The van der Waals surface area contributed by atoms with Crippen molar-refractivity contribution in [3.8, 4) is 0 Å². The highest BCUT2D eigenvalue weighted by Gasteiger charge is 2.39. The first kappa shape index (κ1) is 15.2. The van der Waals surface area contributed by atoms with Crippen LogP contribution < -0.4 is 0 Å². The van der Waals surface area contributed by atoms with E-state index in [1.165, 1.54) is 35.0 Å². The van der Waals surface area contributed by atoms with E-state index in [9.17, 15) is 0 Å². The van der Waals surface area contributed by atoms with E-state index in [0.717, 1.165) is 18.8 Å². The predicted molar refractivity (Wildman–Crippen MR) is 101 cm³/mol. The van der Waals surface area contributed by atoms with Crippen molar-refractivity contribution >= 4 is 10.9 Å². The Bertz CT molecular complexity index is 935. The van der Waals surface area contributed by atoms with Gasteiger partial charge in [-0.05, 0) is 62.9 Å². The van der Waals surface area contributed by atoms with Gasteiger partial charge in [-0.25, -0.2) is 0 Å². The molecule has 130 valence electrons. The van der Waals surface area contributed by atoms with E-state index in [1.807, 2.05) is 0 Å². The minimum absolute atomic E-state index is 0.630. The summed E-state index contributed by atoms with van der Waals surface area (Å²) in [4.78, 5) is 6.07. The van der Waals surface area contributed by atoms with Crippen LogP contribution in [0, 0.1) is 19.8 Å². The Hall–Kier alpha value is -2.07. The third-order valence-corrected chi connectivity index (χ3v) is 6.35. The van der Waals surface area contributed by atoms with Crippen molar-refractivity contribution < 1.29 is 0 Å². The Kier molecular flexibility index (Phi) is 3.32. The molecule has 1 aromatic carbocycles. The first-order valence-corrected chi connectivity index (χ1v) is 9.40. The predicted octanol–water partition coefficient (Wildman–Crippen LogP) is 3.64. The van der Waals surface area contributed by atoms with E-state index in [1.54, 1.807) is 5.56 Å². The average molecular weight is 334 g/mol. The third-order valence-electron chi connectivity index (χ3n) is 6.35. The Balaban J connectivity index is 1.49. The van der Waals surface area contributed by atoms with Crippen LogP contribution in [0.5, 0.6) is 0 Å². The molecule has 0 amide bonds. The summed E-state index contributed by atoms with van der Waals surface area (Å²) in [6.45, 7) is 6.45. The fourth-order valence-corrected chi connectivity index (χ4v) is 5.29. The number of rotatable bonds is 2. The van der Waals surface area contributed by atoms with Crippen LogP contribution in [0.3, 0.4) is 0 Å². The second kappa shape index (κ2) is 5.46. The molecule has 3 heterocycles. The van der Waals surface area contributed by atoms with Gasteiger partial charge in [0, 0.05) is 47.8 Å². The summed E-state index contributed by atoms with van der Waals surface area (Å²) < 4.78 is 2.21. The lowest BCUT2D eigenvalue weighted by Crippen LogP contribution is -2.48. The molecule has 1 aliphatic heterocycles. The smallest absolute Gasteiger partial charge is 0.0596 e. The van der Waals surface area contributed by atoms with Gasteiger partial charge in [0.2, 0.25) is 0 Å². The summed E-state index contributed by atoms with van der Waals surface area (Å²) in [7, 11) is 2.31. The SMILES string of the molecule is Cc1cc(C)n(C[C@@H]2C[C@@H]3c4cccc5[nH]cc(c45)C[C@H]3N(C)C2)n1. The van der Waals surface area contributed by atoms with Crippen LogP contribution in [-0.2, 0) is 13.0 Å². The maximum absolute atomic E-state index is 4.69. The number of H-pyrrole nitrogens is 1. The number of likely N-dealkylation sites (tertiary alicyclic amines) is 1. The van der Waals surface area contributed by atoms with Crippen LogP contribution in [0.4, 0.5) is 0 Å². The number of likely N-dealkylation sites (N-methyl/N-ethyl adjacent to an activating group) is 1. The highest BCUT2D eigenvalue weighted by Crippen LogP contribution is 2.44. The van der Waals surface area contributed by atoms with Crippen molar-refractivity contribution in [3.63, 3.8) is 0 Å². The number of nitrogens with zero attached hydrogens (tertiary/aromatic N) is 3. The van der Waals surface area contributed by atoms with E-state index in [2.05, 4.69) is 65.9 Å². The Labute approximate surface area is 148 Å². The molecule has 2 aliphatic rings. The lowest BCUT2D eigenvalue weighted by molar-refractivity contribution is 0.101. The highest BCUT2D eigenvalue weighted by atomic mass is 15.3. The van der Waals surface area contributed by atoms with Crippen molar-refractivity contribution in [3.05, 3.63) is 53.0 Å². The van der Waals surface area contributed by atoms with Crippen LogP contribution in [-0.4, -0.2) is 39.3 Å². The molecule has 1 saturated heterocycles. The van der Waals surface area contributed by atoms with Crippen LogP contribution in [0.2, 0.25) is 0 Å². The molecular weight excluding hydrogens is 308 g/mol. The molecule has 1 N–H and O–H groups in total. The van der Waals surface area contributed by atoms with Crippen molar-refractivity contribution in [1.29, 1.82) is 0 Å². The van der Waals surface area contributed by atoms with Gasteiger partial charge in [-0.15, -0.1) is 0 Å². The van der Waals surface area contributed by atoms with E-state index in [0.29, 0.717) is 17.9 Å². The Morgan fingerprint density at radius 2 is 2.16 bits per heavy atom. The van der Waals surface area contributed by atoms with E-state index in [4.69, 9.17) is 5.10 Å². The molecule has 4 heteroatoms. The van der Waals surface area contributed by atoms with Crippen LogP contribution in [0.25, 0.3) is 10.9 Å². The van der Waals surface area contributed by atoms with E-state index >= 15 is 0 Å². The van der Waals surface area contributed by atoms with Crippen molar-refractivity contribution in [2.75, 3.05) is 13.6 Å². The summed E-state index contributed by atoms with van der Waals surface area (Å²) in [6, 6.07) is 9.59. The largest absolute Gasteiger partial charge is 0.361 e. The average Bonchev–Trinajstić information content (AvgIpc) is 3.13. The molecule has 5 rings (SSSR count). The zero-order valence-electron chi connectivity index (χ0n) is 15.3. The molecular formula is C21H26N4. The van der Waals surface area contributed by atoms with Crippen LogP contribution in [0.1, 0.15) is 34.9 Å². The van der Waals surface area contributed by atoms with Gasteiger partial charge in [0.25, 0.3) is 0 Å². The summed E-state index contributed by atoms with van der Waals surface area (Å²) in [5.41, 5.74) is 6.75. The molecule has 3 aromatic rings. The Morgan fingerprint density at radius 1 is 1.28 bits per heavy atom. The first-order chi connectivity index (χ1) is 12.1. The van der Waals surface area contributed by atoms with Gasteiger partial charge in [-0.2, -0.15) is 5.10 Å². The maximum atomic E-state index is 4.69. The molecule has 1 aliphatic carbocycles. The number of piperidine rings is 1. The van der Waals surface area contributed by atoms with Crippen LogP contribution in [0.15, 0.2) is 30.5 Å². The monoisotopic (exact) mass is 334 g/mol. The van der Waals surface area contributed by atoms with Crippen molar-refractivity contribution in [2.45, 2.75) is 45.2 Å².